The van der Waals surface area contributed by atoms with E-state index in [1.54, 1.807) is 13.2 Å². The van der Waals surface area contributed by atoms with Crippen LogP contribution in [0.1, 0.15) is 94.6 Å². The highest BCUT2D eigenvalue weighted by Gasteiger charge is 2.65. The molecule has 67 heavy (non-hydrogen) atoms. The number of carbonyl (C=O) groups is 1. The van der Waals surface area contributed by atoms with Crippen LogP contribution < -0.4 is 14.2 Å². The molecule has 356 valence electrons. The van der Waals surface area contributed by atoms with Crippen molar-refractivity contribution in [1.29, 1.82) is 0 Å². The number of hydrogen-bond donors (Lipinski definition) is 2. The number of methoxy groups -OCH3 is 1. The van der Waals surface area contributed by atoms with Gasteiger partial charge >= 0.3 is 0 Å². The Hall–Kier alpha value is -5.46. The Morgan fingerprint density at radius 2 is 1.67 bits per heavy atom. The van der Waals surface area contributed by atoms with Crippen LogP contribution in [0.4, 0.5) is 0 Å². The van der Waals surface area contributed by atoms with Crippen LogP contribution in [0.15, 0.2) is 127 Å². The molecule has 11 nitrogen and oxygen atoms in total. The first-order chi connectivity index (χ1) is 32.9. The van der Waals surface area contributed by atoms with Crippen LogP contribution in [-0.2, 0) is 25.5 Å². The summed E-state index contributed by atoms with van der Waals surface area (Å²) in [7, 11) is 1.63. The Kier molecular flexibility index (Phi) is 16.5. The van der Waals surface area contributed by atoms with Crippen molar-refractivity contribution in [1.82, 2.24) is 4.90 Å². The average molecular weight is 913 g/mol. The largest absolute Gasteiger partial charge is 0.497 e. The van der Waals surface area contributed by atoms with E-state index in [9.17, 15) is 10.2 Å². The minimum Gasteiger partial charge on any atom is -0.497 e. The summed E-state index contributed by atoms with van der Waals surface area (Å²) >= 11 is 0. The topological polar surface area (TPSA) is 129 Å². The zero-order valence-corrected chi connectivity index (χ0v) is 39.2. The second-order valence-electron chi connectivity index (χ2n) is 18.3. The number of unbranched alkanes of at least 4 members (excludes halogenated alkanes) is 2. The molecule has 2 N–H and O–H groups in total. The Morgan fingerprint density at radius 3 is 2.40 bits per heavy atom. The predicted molar refractivity (Wildman–Crippen MR) is 260 cm³/mol. The molecule has 8 rings (SSSR count). The molecule has 0 bridgehead atoms. The van der Waals surface area contributed by atoms with Crippen molar-refractivity contribution in [2.45, 2.75) is 108 Å². The smallest absolute Gasteiger partial charge is 0.239 e. The molecular formula is C56H68N2O9. The molecule has 4 aromatic carbocycles. The molecule has 4 aromatic rings. The number of aliphatic hydroxyl groups is 2. The number of oxime groups is 1. The van der Waals surface area contributed by atoms with Gasteiger partial charge in [-0.1, -0.05) is 91.7 Å². The van der Waals surface area contributed by atoms with Gasteiger partial charge < -0.3 is 43.6 Å². The van der Waals surface area contributed by atoms with Crippen molar-refractivity contribution in [3.05, 3.63) is 132 Å². The maximum absolute atomic E-state index is 15.0. The van der Waals surface area contributed by atoms with Crippen LogP contribution in [0, 0.1) is 17.8 Å². The van der Waals surface area contributed by atoms with Crippen LogP contribution in [-0.4, -0.2) is 84.9 Å². The first kappa shape index (κ1) is 48.0. The fourth-order valence-electron chi connectivity index (χ4n) is 10.9. The second-order valence-corrected chi connectivity index (χ2v) is 18.3. The molecule has 11 heteroatoms. The fourth-order valence-corrected chi connectivity index (χ4v) is 10.9. The maximum atomic E-state index is 15.0. The Morgan fingerprint density at radius 1 is 0.896 bits per heavy atom. The molecule has 2 aliphatic carbocycles. The van der Waals surface area contributed by atoms with Crippen molar-refractivity contribution < 1.29 is 43.5 Å². The van der Waals surface area contributed by atoms with Gasteiger partial charge in [-0.3, -0.25) is 4.79 Å². The summed E-state index contributed by atoms with van der Waals surface area (Å²) < 4.78 is 32.9. The van der Waals surface area contributed by atoms with E-state index in [1.807, 2.05) is 71.6 Å². The van der Waals surface area contributed by atoms with Crippen molar-refractivity contribution >= 4 is 11.6 Å². The first-order valence-corrected chi connectivity index (χ1v) is 24.5. The van der Waals surface area contributed by atoms with Gasteiger partial charge in [0.05, 0.1) is 38.4 Å². The van der Waals surface area contributed by atoms with Gasteiger partial charge in [-0.25, -0.2) is 0 Å². The summed E-state index contributed by atoms with van der Waals surface area (Å²) in [6, 6.07) is 31.5. The quantitative estimate of drug-likeness (QED) is 0.0450. The van der Waals surface area contributed by atoms with E-state index in [0.29, 0.717) is 61.8 Å². The molecule has 7 atom stereocenters. The van der Waals surface area contributed by atoms with Gasteiger partial charge in [0.1, 0.15) is 29.0 Å². The van der Waals surface area contributed by atoms with Gasteiger partial charge in [-0.15, -0.1) is 6.58 Å². The van der Waals surface area contributed by atoms with E-state index in [4.69, 9.17) is 33.7 Å². The highest BCUT2D eigenvalue weighted by atomic mass is 16.8. The number of nitrogens with zero attached hydrogens (tertiary/aromatic N) is 2. The van der Waals surface area contributed by atoms with Crippen LogP contribution >= 0.6 is 0 Å². The normalized spacial score (nSPS) is 24.7. The van der Waals surface area contributed by atoms with Crippen LogP contribution in [0.3, 0.4) is 0 Å². The van der Waals surface area contributed by atoms with E-state index in [1.165, 1.54) is 0 Å². The monoisotopic (exact) mass is 912 g/mol. The third-order valence-corrected chi connectivity index (χ3v) is 13.9. The van der Waals surface area contributed by atoms with E-state index >= 15 is 4.79 Å². The molecular weight excluding hydrogens is 845 g/mol. The summed E-state index contributed by atoms with van der Waals surface area (Å²) in [4.78, 5) is 23.3. The SMILES string of the molecule is C=CCOC12Oc3ccc(Oc4ccc(-c5ccccc5)cc4)cc3C3C(CCCCO)C(CCCCO)C=C(C(=NOC4CCCCO4)CC1N(CCC)C(=O)Cc1cccc(OC)c1)C32. The number of fused-ring (bicyclic) bond motifs is 2. The maximum Gasteiger partial charge on any atom is 0.239 e. The van der Waals surface area contributed by atoms with Crippen molar-refractivity contribution in [3.63, 3.8) is 0 Å². The lowest BCUT2D eigenvalue weighted by Gasteiger charge is -2.60. The fraction of sp³-hybridized carbons (Fsp3) is 0.464. The van der Waals surface area contributed by atoms with Crippen LogP contribution in [0.2, 0.25) is 0 Å². The summed E-state index contributed by atoms with van der Waals surface area (Å²) in [6.07, 6.45) is 12.2. The lowest BCUT2D eigenvalue weighted by atomic mass is 9.55. The highest BCUT2D eigenvalue weighted by Crippen LogP contribution is 2.62. The number of allylic oxidation sites excluding steroid dienone is 1. The molecule has 0 aromatic heterocycles. The average Bonchev–Trinajstić information content (AvgIpc) is 3.36. The molecule has 1 amide bonds. The Bertz CT molecular complexity index is 2310. The number of carbonyl (C=O) groups excluding carboxylic acids is 1. The minimum absolute atomic E-state index is 0.0600. The summed E-state index contributed by atoms with van der Waals surface area (Å²) in [5, 5.41) is 25.1. The van der Waals surface area contributed by atoms with E-state index < -0.39 is 24.0 Å². The first-order valence-electron chi connectivity index (χ1n) is 24.5. The van der Waals surface area contributed by atoms with Crippen molar-refractivity contribution in [2.75, 3.05) is 40.1 Å². The second kappa shape index (κ2) is 23.0. The minimum atomic E-state index is -1.36. The number of aliphatic hydroxyl groups excluding tert-OH is 2. The Labute approximate surface area is 396 Å². The molecule has 1 saturated carbocycles. The van der Waals surface area contributed by atoms with Gasteiger partial charge in [-0.05, 0) is 122 Å². The molecule has 4 aliphatic rings. The molecule has 2 heterocycles. The zero-order chi connectivity index (χ0) is 46.6. The van der Waals surface area contributed by atoms with Crippen LogP contribution in [0.5, 0.6) is 23.0 Å². The van der Waals surface area contributed by atoms with Gasteiger partial charge in [0, 0.05) is 44.1 Å². The van der Waals surface area contributed by atoms with E-state index in [-0.39, 0.29) is 49.9 Å². The molecule has 2 fully saturated rings. The molecule has 0 spiro atoms. The van der Waals surface area contributed by atoms with Crippen molar-refractivity contribution in [3.8, 4) is 34.1 Å². The molecule has 0 radical (unpaired) electrons. The predicted octanol–water partition coefficient (Wildman–Crippen LogP) is 10.8. The van der Waals surface area contributed by atoms with Crippen LogP contribution in [0.25, 0.3) is 11.1 Å². The molecule has 7 unspecified atom stereocenters. The molecule has 2 aliphatic heterocycles. The number of hydrogen-bond acceptors (Lipinski definition) is 10. The van der Waals surface area contributed by atoms with Gasteiger partial charge in [-0.2, -0.15) is 0 Å². The number of rotatable bonds is 22. The third-order valence-electron chi connectivity index (χ3n) is 13.9. The summed E-state index contributed by atoms with van der Waals surface area (Å²) in [5.74, 6) is 0.866. The number of amides is 1. The number of benzene rings is 4. The Balaban J connectivity index is 1.28. The standard InChI is InChI=1S/C56H68N2O9/c1-4-29-58(52(61)35-39-16-15-20-44(34-39)62-3)51-38-49(57-67-53-22-11-14-33-63-53)47-36-42(19-9-12-30-59)46(21-10-13-31-60)54-48-37-45(27-28-50(48)66-56(51,55(47)54)64-32-5-2)65-43-25-23-41(24-26-43)40-17-7-6-8-18-40/h5-8,15-18,20,23-28,34,36-37,42,46,51,53-55,59-60H,2,4,9-14,19,21-22,29-33,35,38H2,1,3H3. The number of ether oxygens (including phenoxy) is 5. The lowest BCUT2D eigenvalue weighted by Crippen LogP contribution is -2.70. The lowest BCUT2D eigenvalue weighted by molar-refractivity contribution is -0.257. The third kappa shape index (κ3) is 11.0. The van der Waals surface area contributed by atoms with Gasteiger partial charge in [0.15, 0.2) is 0 Å². The zero-order valence-electron chi connectivity index (χ0n) is 39.2. The van der Waals surface area contributed by atoms with Gasteiger partial charge in [0.2, 0.25) is 18.0 Å². The highest BCUT2D eigenvalue weighted by molar-refractivity contribution is 6.03. The van der Waals surface area contributed by atoms with Crippen molar-refractivity contribution in [2.24, 2.45) is 22.9 Å². The van der Waals surface area contributed by atoms with E-state index in [0.717, 1.165) is 78.5 Å². The van der Waals surface area contributed by atoms with Gasteiger partial charge in [0.25, 0.3) is 0 Å². The summed E-state index contributed by atoms with van der Waals surface area (Å²) in [5.41, 5.74) is 5.81. The molecule has 1 saturated heterocycles. The van der Waals surface area contributed by atoms with E-state index in [2.05, 4.69) is 49.9 Å². The summed E-state index contributed by atoms with van der Waals surface area (Å²) in [6.45, 7) is 7.65.